The van der Waals surface area contributed by atoms with Gasteiger partial charge in [-0.3, -0.25) is 9.59 Å². The second kappa shape index (κ2) is 11.7. The summed E-state index contributed by atoms with van der Waals surface area (Å²) in [6, 6.07) is 12.4. The molecule has 36 heavy (non-hydrogen) atoms. The van der Waals surface area contributed by atoms with Gasteiger partial charge in [-0.1, -0.05) is 55.7 Å². The van der Waals surface area contributed by atoms with Gasteiger partial charge in [-0.05, 0) is 36.1 Å². The Morgan fingerprint density at radius 1 is 1.00 bits per heavy atom. The van der Waals surface area contributed by atoms with Crippen LogP contribution < -0.4 is 16.5 Å². The standard InChI is InChI=1S/C27H34N4O5/c28-14-23(27(35)36)30-31-16-19-7-4-5-12-21(19)22(15-29-20-10-2-1-3-11-20)24(31)25(32)17-8-6-9-18(13-17)26(33)34/h4-9,12-13,20,22-24,29-30H,1-3,10-11,14-16,28H2,(H,33,34)(H,35,36). The number of Topliss-reactive ketones (excluding diaryl/α,β-unsaturated/α-hetero) is 1. The number of fused-ring (bicyclic) bond motifs is 1. The third-order valence-corrected chi connectivity index (χ3v) is 7.26. The second-order valence-corrected chi connectivity index (χ2v) is 9.63. The molecule has 1 fully saturated rings. The maximum Gasteiger partial charge on any atom is 0.335 e. The Balaban J connectivity index is 1.73. The molecule has 1 heterocycles. The Morgan fingerprint density at radius 2 is 1.72 bits per heavy atom. The van der Waals surface area contributed by atoms with Gasteiger partial charge in [-0.2, -0.15) is 0 Å². The molecule has 1 aliphatic heterocycles. The van der Waals surface area contributed by atoms with Crippen molar-refractivity contribution in [3.63, 3.8) is 0 Å². The quantitative estimate of drug-likeness (QED) is 0.314. The number of nitrogens with one attached hydrogen (secondary N) is 2. The van der Waals surface area contributed by atoms with Gasteiger partial charge in [-0.25, -0.2) is 15.2 Å². The highest BCUT2D eigenvalue weighted by Gasteiger charge is 2.41. The third kappa shape index (κ3) is 5.82. The number of hydrogen-bond donors (Lipinski definition) is 5. The van der Waals surface area contributed by atoms with E-state index in [9.17, 15) is 24.6 Å². The lowest BCUT2D eigenvalue weighted by Gasteiger charge is -2.43. The second-order valence-electron chi connectivity index (χ2n) is 9.63. The number of carbonyl (C=O) groups excluding carboxylic acids is 1. The lowest BCUT2D eigenvalue weighted by Crippen LogP contribution is -2.61. The maximum atomic E-state index is 14.0. The zero-order valence-electron chi connectivity index (χ0n) is 20.2. The van der Waals surface area contributed by atoms with Gasteiger partial charge in [0.1, 0.15) is 6.04 Å². The molecule has 6 N–H and O–H groups in total. The first-order chi connectivity index (χ1) is 17.4. The number of carbonyl (C=O) groups is 3. The molecule has 9 heteroatoms. The molecule has 3 atom stereocenters. The average Bonchev–Trinajstić information content (AvgIpc) is 2.90. The molecular weight excluding hydrogens is 460 g/mol. The molecular formula is C27H34N4O5. The molecule has 3 unspecified atom stereocenters. The monoisotopic (exact) mass is 494 g/mol. The minimum Gasteiger partial charge on any atom is -0.480 e. The van der Waals surface area contributed by atoms with Crippen molar-refractivity contribution in [3.05, 3.63) is 70.8 Å². The van der Waals surface area contributed by atoms with Crippen molar-refractivity contribution in [1.82, 2.24) is 15.8 Å². The van der Waals surface area contributed by atoms with Crippen LogP contribution in [0.2, 0.25) is 0 Å². The minimum atomic E-state index is -1.11. The molecule has 0 aromatic heterocycles. The molecule has 4 rings (SSSR count). The number of carboxylic acids is 2. The molecule has 0 radical (unpaired) electrons. The molecule has 0 bridgehead atoms. The van der Waals surface area contributed by atoms with Crippen LogP contribution in [0.3, 0.4) is 0 Å². The van der Waals surface area contributed by atoms with E-state index >= 15 is 0 Å². The summed E-state index contributed by atoms with van der Waals surface area (Å²) in [7, 11) is 0. The molecule has 0 spiro atoms. The van der Waals surface area contributed by atoms with E-state index in [1.165, 1.54) is 31.4 Å². The fourth-order valence-corrected chi connectivity index (χ4v) is 5.37. The number of carboxylic acid groups (broad SMARTS) is 2. The van der Waals surface area contributed by atoms with E-state index in [-0.39, 0.29) is 29.4 Å². The van der Waals surface area contributed by atoms with Crippen molar-refractivity contribution in [2.45, 2.75) is 62.7 Å². The number of ketones is 1. The Kier molecular flexibility index (Phi) is 8.48. The number of aromatic carboxylic acids is 1. The zero-order chi connectivity index (χ0) is 25.7. The van der Waals surface area contributed by atoms with Gasteiger partial charge in [-0.15, -0.1) is 0 Å². The van der Waals surface area contributed by atoms with E-state index in [0.29, 0.717) is 19.1 Å². The first-order valence-electron chi connectivity index (χ1n) is 12.5. The van der Waals surface area contributed by atoms with Crippen LogP contribution in [0.4, 0.5) is 0 Å². The Morgan fingerprint density at radius 3 is 2.42 bits per heavy atom. The predicted octanol–water partition coefficient (Wildman–Crippen LogP) is 2.37. The fraction of sp³-hybridized carbons (Fsp3) is 0.444. The Bertz CT molecular complexity index is 1100. The normalized spacial score (nSPS) is 21.5. The van der Waals surface area contributed by atoms with E-state index in [1.54, 1.807) is 17.1 Å². The van der Waals surface area contributed by atoms with Crippen molar-refractivity contribution < 1.29 is 24.6 Å². The largest absolute Gasteiger partial charge is 0.480 e. The van der Waals surface area contributed by atoms with E-state index in [4.69, 9.17) is 5.73 Å². The van der Waals surface area contributed by atoms with Crippen LogP contribution in [0.5, 0.6) is 0 Å². The van der Waals surface area contributed by atoms with E-state index in [0.717, 1.165) is 24.0 Å². The van der Waals surface area contributed by atoms with Gasteiger partial charge in [0.05, 0.1) is 11.6 Å². The summed E-state index contributed by atoms with van der Waals surface area (Å²) in [6.07, 6.45) is 5.76. The summed E-state index contributed by atoms with van der Waals surface area (Å²) in [5.74, 6) is -2.76. The van der Waals surface area contributed by atoms with Crippen molar-refractivity contribution in [3.8, 4) is 0 Å². The number of nitrogens with zero attached hydrogens (tertiary/aromatic N) is 1. The fourth-order valence-electron chi connectivity index (χ4n) is 5.37. The number of benzene rings is 2. The average molecular weight is 495 g/mol. The zero-order valence-corrected chi connectivity index (χ0v) is 20.2. The topological polar surface area (TPSA) is 145 Å². The lowest BCUT2D eigenvalue weighted by atomic mass is 9.80. The molecule has 1 aliphatic carbocycles. The molecule has 9 nitrogen and oxygen atoms in total. The van der Waals surface area contributed by atoms with Crippen LogP contribution in [-0.4, -0.2) is 64.2 Å². The van der Waals surface area contributed by atoms with E-state index in [2.05, 4.69) is 10.7 Å². The van der Waals surface area contributed by atoms with Crippen molar-refractivity contribution in [1.29, 1.82) is 0 Å². The maximum absolute atomic E-state index is 14.0. The first-order valence-corrected chi connectivity index (χ1v) is 12.5. The van der Waals surface area contributed by atoms with Gasteiger partial charge < -0.3 is 21.3 Å². The van der Waals surface area contributed by atoms with Crippen LogP contribution in [0.15, 0.2) is 48.5 Å². The van der Waals surface area contributed by atoms with Gasteiger partial charge in [0, 0.05) is 37.2 Å². The van der Waals surface area contributed by atoms with Gasteiger partial charge >= 0.3 is 11.9 Å². The van der Waals surface area contributed by atoms with Crippen LogP contribution in [0.25, 0.3) is 0 Å². The minimum absolute atomic E-state index is 0.0267. The first kappa shape index (κ1) is 26.0. The number of aliphatic carboxylic acids is 1. The number of hydrazine groups is 1. The van der Waals surface area contributed by atoms with Crippen LogP contribution in [-0.2, 0) is 11.3 Å². The summed E-state index contributed by atoms with van der Waals surface area (Å²) in [5.41, 5.74) is 11.1. The SMILES string of the molecule is NCC(NN1Cc2ccccc2C(CNC2CCCCC2)C1C(=O)c1cccc(C(=O)O)c1)C(=O)O. The van der Waals surface area contributed by atoms with Crippen molar-refractivity contribution in [2.75, 3.05) is 13.1 Å². The Labute approximate surface area is 210 Å². The predicted molar refractivity (Wildman–Crippen MR) is 135 cm³/mol. The highest BCUT2D eigenvalue weighted by Crippen LogP contribution is 2.35. The van der Waals surface area contributed by atoms with Crippen molar-refractivity contribution in [2.24, 2.45) is 5.73 Å². The smallest absolute Gasteiger partial charge is 0.335 e. The van der Waals surface area contributed by atoms with Crippen molar-refractivity contribution >= 4 is 17.7 Å². The van der Waals surface area contributed by atoms with Gasteiger partial charge in [0.25, 0.3) is 0 Å². The van der Waals surface area contributed by atoms with E-state index in [1.807, 2.05) is 24.3 Å². The van der Waals surface area contributed by atoms with E-state index < -0.39 is 24.0 Å². The van der Waals surface area contributed by atoms with Crippen LogP contribution in [0, 0.1) is 0 Å². The highest BCUT2D eigenvalue weighted by atomic mass is 16.4. The summed E-state index contributed by atoms with van der Waals surface area (Å²) in [4.78, 5) is 37.4. The summed E-state index contributed by atoms with van der Waals surface area (Å²) < 4.78 is 0. The molecule has 0 saturated heterocycles. The summed E-state index contributed by atoms with van der Waals surface area (Å²) in [6.45, 7) is 0.706. The number of nitrogens with two attached hydrogens (primary N) is 1. The highest BCUT2D eigenvalue weighted by molar-refractivity contribution is 6.02. The molecule has 192 valence electrons. The molecule has 2 aromatic rings. The lowest BCUT2D eigenvalue weighted by molar-refractivity contribution is -0.141. The molecule has 2 aliphatic rings. The Hall–Kier alpha value is -3.11. The van der Waals surface area contributed by atoms with Crippen LogP contribution in [0.1, 0.15) is 69.9 Å². The molecule has 1 saturated carbocycles. The van der Waals surface area contributed by atoms with Gasteiger partial charge in [0.2, 0.25) is 0 Å². The summed E-state index contributed by atoms with van der Waals surface area (Å²) >= 11 is 0. The number of hydrogen-bond acceptors (Lipinski definition) is 7. The third-order valence-electron chi connectivity index (χ3n) is 7.26. The van der Waals surface area contributed by atoms with Crippen LogP contribution >= 0.6 is 0 Å². The molecule has 2 aromatic carbocycles. The number of rotatable bonds is 10. The summed E-state index contributed by atoms with van der Waals surface area (Å²) in [5, 5.41) is 24.4. The van der Waals surface area contributed by atoms with Gasteiger partial charge in [0.15, 0.2) is 5.78 Å². The molecule has 0 amide bonds.